The van der Waals surface area contributed by atoms with Crippen LogP contribution in [0.1, 0.15) is 0 Å². The van der Waals surface area contributed by atoms with E-state index in [2.05, 4.69) is 26.0 Å². The van der Waals surface area contributed by atoms with E-state index >= 15 is 0 Å². The molecule has 0 N–H and O–H groups in total. The number of azide groups is 1. The molecule has 1 aromatic carbocycles. The monoisotopic (exact) mass is 261 g/mol. The standard InChI is InChI=1S/C7H5BrClN3O/c1-13-5-3-2-4(9)7(6(5)8)11-12-10/h2-3H,1H3. The van der Waals surface area contributed by atoms with Crippen molar-refractivity contribution in [3.63, 3.8) is 0 Å². The summed E-state index contributed by atoms with van der Waals surface area (Å²) in [6.07, 6.45) is 0. The number of ether oxygens (including phenoxy) is 1. The van der Waals surface area contributed by atoms with Crippen LogP contribution in [0.5, 0.6) is 5.75 Å². The normalized spacial score (nSPS) is 9.15. The molecule has 0 atom stereocenters. The molecule has 0 aliphatic heterocycles. The minimum atomic E-state index is 0.337. The SMILES string of the molecule is COc1ccc(Cl)c(N=[N+]=[N-])c1Br. The number of hydrogen-bond acceptors (Lipinski definition) is 2. The van der Waals surface area contributed by atoms with Gasteiger partial charge < -0.3 is 4.74 Å². The van der Waals surface area contributed by atoms with E-state index in [1.165, 1.54) is 7.11 Å². The zero-order valence-electron chi connectivity index (χ0n) is 6.66. The number of halogens is 2. The van der Waals surface area contributed by atoms with Gasteiger partial charge in [0.1, 0.15) is 5.75 Å². The van der Waals surface area contributed by atoms with Crippen molar-refractivity contribution in [2.24, 2.45) is 5.11 Å². The fraction of sp³-hybridized carbons (Fsp3) is 0.143. The number of nitrogens with zero attached hydrogens (tertiary/aromatic N) is 3. The fourth-order valence-electron chi connectivity index (χ4n) is 0.817. The minimum Gasteiger partial charge on any atom is -0.496 e. The first-order chi connectivity index (χ1) is 6.20. The van der Waals surface area contributed by atoms with E-state index in [9.17, 15) is 0 Å². The molecule has 0 fully saturated rings. The van der Waals surface area contributed by atoms with Crippen LogP contribution in [-0.2, 0) is 0 Å². The van der Waals surface area contributed by atoms with Gasteiger partial charge in [-0.15, -0.1) is 0 Å². The molecule has 0 aliphatic rings. The Bertz CT molecular complexity index is 376. The second-order valence-corrected chi connectivity index (χ2v) is 3.30. The quantitative estimate of drug-likeness (QED) is 0.450. The summed E-state index contributed by atoms with van der Waals surface area (Å²) in [7, 11) is 1.52. The summed E-state index contributed by atoms with van der Waals surface area (Å²) >= 11 is 9.01. The summed E-state index contributed by atoms with van der Waals surface area (Å²) in [5.41, 5.74) is 8.61. The van der Waals surface area contributed by atoms with Crippen LogP contribution in [0.25, 0.3) is 10.4 Å². The van der Waals surface area contributed by atoms with E-state index in [-0.39, 0.29) is 0 Å². The van der Waals surface area contributed by atoms with E-state index in [1.807, 2.05) is 0 Å². The van der Waals surface area contributed by atoms with Crippen LogP contribution in [0, 0.1) is 0 Å². The van der Waals surface area contributed by atoms with Gasteiger partial charge in [0.15, 0.2) is 0 Å². The first kappa shape index (κ1) is 10.2. The van der Waals surface area contributed by atoms with Gasteiger partial charge in [0.2, 0.25) is 0 Å². The Kier molecular flexibility index (Phi) is 3.42. The molecule has 0 amide bonds. The van der Waals surface area contributed by atoms with Crippen molar-refractivity contribution in [1.29, 1.82) is 0 Å². The maximum atomic E-state index is 8.27. The molecule has 0 saturated heterocycles. The van der Waals surface area contributed by atoms with Gasteiger partial charge in [0.05, 0.1) is 22.3 Å². The Labute approximate surface area is 88.2 Å². The molecule has 0 heterocycles. The fourth-order valence-corrected chi connectivity index (χ4v) is 1.71. The first-order valence-corrected chi connectivity index (χ1v) is 4.45. The van der Waals surface area contributed by atoms with Crippen LogP contribution < -0.4 is 4.74 Å². The second-order valence-electron chi connectivity index (χ2n) is 2.10. The Balaban J connectivity index is 3.37. The van der Waals surface area contributed by atoms with Crippen molar-refractivity contribution in [2.45, 2.75) is 0 Å². The molecular formula is C7H5BrClN3O. The van der Waals surface area contributed by atoms with E-state index in [0.717, 1.165) is 0 Å². The molecule has 0 unspecified atom stereocenters. The largest absolute Gasteiger partial charge is 0.496 e. The first-order valence-electron chi connectivity index (χ1n) is 3.27. The zero-order valence-corrected chi connectivity index (χ0v) is 9.00. The number of hydrogen-bond donors (Lipinski definition) is 0. The number of rotatable bonds is 2. The molecule has 0 aliphatic carbocycles. The highest BCUT2D eigenvalue weighted by molar-refractivity contribution is 9.10. The van der Waals surface area contributed by atoms with Crippen LogP contribution in [0.4, 0.5) is 5.69 Å². The van der Waals surface area contributed by atoms with Crippen LogP contribution in [-0.4, -0.2) is 7.11 Å². The lowest BCUT2D eigenvalue weighted by Gasteiger charge is -2.05. The summed E-state index contributed by atoms with van der Waals surface area (Å²) in [5, 5.41) is 3.82. The summed E-state index contributed by atoms with van der Waals surface area (Å²) in [4.78, 5) is 2.66. The van der Waals surface area contributed by atoms with E-state index < -0.39 is 0 Å². The smallest absolute Gasteiger partial charge is 0.133 e. The van der Waals surface area contributed by atoms with Gasteiger partial charge in [0, 0.05) is 4.91 Å². The van der Waals surface area contributed by atoms with Crippen LogP contribution in [0.2, 0.25) is 5.02 Å². The molecule has 0 aromatic heterocycles. The Morgan fingerprint density at radius 1 is 1.62 bits per heavy atom. The lowest BCUT2D eigenvalue weighted by atomic mass is 10.3. The summed E-state index contributed by atoms with van der Waals surface area (Å²) < 4.78 is 5.55. The van der Waals surface area contributed by atoms with Gasteiger partial charge in [-0.1, -0.05) is 16.7 Å². The van der Waals surface area contributed by atoms with Crippen molar-refractivity contribution in [2.75, 3.05) is 7.11 Å². The molecule has 6 heteroatoms. The molecule has 68 valence electrons. The van der Waals surface area contributed by atoms with Crippen LogP contribution in [0.15, 0.2) is 21.7 Å². The average molecular weight is 262 g/mol. The summed E-state index contributed by atoms with van der Waals surface area (Å²) in [6, 6.07) is 3.29. The van der Waals surface area contributed by atoms with E-state index in [1.54, 1.807) is 12.1 Å². The van der Waals surface area contributed by atoms with Crippen molar-refractivity contribution < 1.29 is 4.74 Å². The molecule has 0 radical (unpaired) electrons. The lowest BCUT2D eigenvalue weighted by Crippen LogP contribution is -1.84. The van der Waals surface area contributed by atoms with Gasteiger partial charge in [-0.05, 0) is 33.6 Å². The third-order valence-electron chi connectivity index (χ3n) is 1.40. The average Bonchev–Trinajstić information content (AvgIpc) is 2.12. The predicted octanol–water partition coefficient (Wildman–Crippen LogP) is 4.05. The third kappa shape index (κ3) is 2.06. The lowest BCUT2D eigenvalue weighted by molar-refractivity contribution is 0.412. The van der Waals surface area contributed by atoms with Crippen molar-refractivity contribution in [1.82, 2.24) is 0 Å². The molecule has 4 nitrogen and oxygen atoms in total. The van der Waals surface area contributed by atoms with E-state index in [4.69, 9.17) is 21.9 Å². The molecular weight excluding hydrogens is 257 g/mol. The van der Waals surface area contributed by atoms with E-state index in [0.29, 0.717) is 20.9 Å². The van der Waals surface area contributed by atoms with Crippen molar-refractivity contribution in [3.8, 4) is 5.75 Å². The Hall–Kier alpha value is -0.900. The summed E-state index contributed by atoms with van der Waals surface area (Å²) in [6.45, 7) is 0. The molecule has 0 spiro atoms. The maximum absolute atomic E-state index is 8.27. The highest BCUT2D eigenvalue weighted by Gasteiger charge is 2.08. The molecule has 1 rings (SSSR count). The van der Waals surface area contributed by atoms with Gasteiger partial charge >= 0.3 is 0 Å². The highest BCUT2D eigenvalue weighted by atomic mass is 79.9. The van der Waals surface area contributed by atoms with Crippen molar-refractivity contribution >= 4 is 33.2 Å². The highest BCUT2D eigenvalue weighted by Crippen LogP contribution is 2.39. The second kappa shape index (κ2) is 4.37. The zero-order chi connectivity index (χ0) is 9.84. The number of benzene rings is 1. The van der Waals surface area contributed by atoms with Gasteiger partial charge in [0.25, 0.3) is 0 Å². The molecule has 13 heavy (non-hydrogen) atoms. The number of methoxy groups -OCH3 is 1. The molecule has 1 aromatic rings. The third-order valence-corrected chi connectivity index (χ3v) is 2.47. The van der Waals surface area contributed by atoms with Crippen molar-refractivity contribution in [3.05, 3.63) is 32.1 Å². The minimum absolute atomic E-state index is 0.337. The van der Waals surface area contributed by atoms with Crippen LogP contribution >= 0.6 is 27.5 Å². The van der Waals surface area contributed by atoms with Gasteiger partial charge in [-0.3, -0.25) is 0 Å². The Morgan fingerprint density at radius 3 is 2.85 bits per heavy atom. The summed E-state index contributed by atoms with van der Waals surface area (Å²) in [5.74, 6) is 0.576. The molecule has 0 saturated carbocycles. The van der Waals surface area contributed by atoms with Gasteiger partial charge in [-0.2, -0.15) is 0 Å². The maximum Gasteiger partial charge on any atom is 0.133 e. The predicted molar refractivity (Wildman–Crippen MR) is 54.5 cm³/mol. The topological polar surface area (TPSA) is 58.0 Å². The Morgan fingerprint density at radius 2 is 2.31 bits per heavy atom. The van der Waals surface area contributed by atoms with Gasteiger partial charge in [-0.25, -0.2) is 0 Å². The van der Waals surface area contributed by atoms with Crippen LogP contribution in [0.3, 0.4) is 0 Å². The molecule has 0 bridgehead atoms.